The van der Waals surface area contributed by atoms with Crippen LogP contribution in [0.25, 0.3) is 10.8 Å². The molecule has 1 aromatic heterocycles. The summed E-state index contributed by atoms with van der Waals surface area (Å²) >= 11 is 3.36. The van der Waals surface area contributed by atoms with E-state index in [2.05, 4.69) is 39.4 Å². The summed E-state index contributed by atoms with van der Waals surface area (Å²) in [6.07, 6.45) is 0. The van der Waals surface area contributed by atoms with Crippen molar-refractivity contribution in [1.29, 1.82) is 0 Å². The molecule has 1 atom stereocenters. The second kappa shape index (κ2) is 5.92. The molecule has 0 saturated carbocycles. The lowest BCUT2D eigenvalue weighted by molar-refractivity contribution is 0.419. The Hall–Kier alpha value is -1.78. The lowest BCUT2D eigenvalue weighted by atomic mass is 9.96. The number of benzene rings is 2. The predicted molar refractivity (Wildman–Crippen MR) is 87.8 cm³/mol. The highest BCUT2D eigenvalue weighted by Gasteiger charge is 2.19. The van der Waals surface area contributed by atoms with Crippen LogP contribution in [-0.4, -0.2) is 14.2 Å². The van der Waals surface area contributed by atoms with Crippen molar-refractivity contribution < 1.29 is 9.15 Å². The summed E-state index contributed by atoms with van der Waals surface area (Å²) in [7, 11) is 3.63. The summed E-state index contributed by atoms with van der Waals surface area (Å²) in [5.41, 5.74) is 1.16. The van der Waals surface area contributed by atoms with Gasteiger partial charge in [0.15, 0.2) is 4.67 Å². The Bertz CT molecular complexity index is 766. The molecule has 0 fully saturated rings. The van der Waals surface area contributed by atoms with E-state index in [4.69, 9.17) is 9.15 Å². The maximum Gasteiger partial charge on any atom is 0.169 e. The molecule has 1 heterocycles. The Morgan fingerprint density at radius 3 is 2.43 bits per heavy atom. The zero-order chi connectivity index (χ0) is 14.8. The topological polar surface area (TPSA) is 34.4 Å². The van der Waals surface area contributed by atoms with Gasteiger partial charge in [-0.15, -0.1) is 0 Å². The van der Waals surface area contributed by atoms with Crippen LogP contribution in [0.15, 0.2) is 57.6 Å². The molecule has 108 valence electrons. The first kappa shape index (κ1) is 14.2. The average Bonchev–Trinajstić information content (AvgIpc) is 2.94. The van der Waals surface area contributed by atoms with Gasteiger partial charge in [0.1, 0.15) is 11.5 Å². The summed E-state index contributed by atoms with van der Waals surface area (Å²) in [5.74, 6) is 1.75. The Balaban J connectivity index is 2.19. The van der Waals surface area contributed by atoms with Crippen LogP contribution >= 0.6 is 15.9 Å². The number of rotatable bonds is 4. The summed E-state index contributed by atoms with van der Waals surface area (Å²) in [4.78, 5) is 0. The van der Waals surface area contributed by atoms with Crippen LogP contribution in [0.2, 0.25) is 0 Å². The van der Waals surface area contributed by atoms with E-state index >= 15 is 0 Å². The van der Waals surface area contributed by atoms with Crippen molar-refractivity contribution in [3.8, 4) is 5.75 Å². The van der Waals surface area contributed by atoms with Gasteiger partial charge in [-0.2, -0.15) is 0 Å². The van der Waals surface area contributed by atoms with Crippen LogP contribution < -0.4 is 10.1 Å². The van der Waals surface area contributed by atoms with Crippen LogP contribution in [0.4, 0.5) is 0 Å². The smallest absolute Gasteiger partial charge is 0.169 e. The third kappa shape index (κ3) is 2.57. The number of fused-ring (bicyclic) bond motifs is 1. The van der Waals surface area contributed by atoms with Crippen molar-refractivity contribution in [3.05, 3.63) is 64.5 Å². The van der Waals surface area contributed by atoms with E-state index in [1.807, 2.05) is 37.4 Å². The molecule has 0 bridgehead atoms. The number of furan rings is 1. The minimum atomic E-state index is -0.00731. The van der Waals surface area contributed by atoms with E-state index in [0.29, 0.717) is 0 Å². The van der Waals surface area contributed by atoms with Crippen LogP contribution in [0.1, 0.15) is 17.4 Å². The van der Waals surface area contributed by atoms with Crippen molar-refractivity contribution in [2.75, 3.05) is 14.2 Å². The fourth-order valence-electron chi connectivity index (χ4n) is 2.66. The summed E-state index contributed by atoms with van der Waals surface area (Å²) < 4.78 is 11.9. The second-order valence-electron chi connectivity index (χ2n) is 4.77. The molecule has 3 rings (SSSR count). The van der Waals surface area contributed by atoms with E-state index in [0.717, 1.165) is 32.5 Å². The zero-order valence-electron chi connectivity index (χ0n) is 11.9. The van der Waals surface area contributed by atoms with Crippen LogP contribution in [0.5, 0.6) is 5.75 Å². The monoisotopic (exact) mass is 345 g/mol. The van der Waals surface area contributed by atoms with Gasteiger partial charge in [0.05, 0.1) is 13.2 Å². The van der Waals surface area contributed by atoms with Crippen molar-refractivity contribution in [2.45, 2.75) is 6.04 Å². The molecule has 0 radical (unpaired) electrons. The highest BCUT2D eigenvalue weighted by molar-refractivity contribution is 9.10. The summed E-state index contributed by atoms with van der Waals surface area (Å²) in [5, 5.41) is 5.58. The third-order valence-electron chi connectivity index (χ3n) is 3.62. The van der Waals surface area contributed by atoms with E-state index < -0.39 is 0 Å². The maximum absolute atomic E-state index is 5.72. The van der Waals surface area contributed by atoms with Crippen LogP contribution in [-0.2, 0) is 0 Å². The van der Waals surface area contributed by atoms with Crippen molar-refractivity contribution in [1.82, 2.24) is 5.32 Å². The minimum absolute atomic E-state index is 0.00731. The van der Waals surface area contributed by atoms with Gasteiger partial charge in [-0.25, -0.2) is 0 Å². The van der Waals surface area contributed by atoms with Gasteiger partial charge >= 0.3 is 0 Å². The molecule has 0 aliphatic heterocycles. The van der Waals surface area contributed by atoms with Gasteiger partial charge < -0.3 is 14.5 Å². The molecule has 1 N–H and O–H groups in total. The van der Waals surface area contributed by atoms with Crippen LogP contribution in [0, 0.1) is 0 Å². The normalized spacial score (nSPS) is 12.5. The first-order valence-corrected chi connectivity index (χ1v) is 7.52. The second-order valence-corrected chi connectivity index (χ2v) is 5.55. The molecule has 3 nitrogen and oxygen atoms in total. The average molecular weight is 346 g/mol. The van der Waals surface area contributed by atoms with E-state index in [-0.39, 0.29) is 6.04 Å². The lowest BCUT2D eigenvalue weighted by Crippen LogP contribution is -2.17. The van der Waals surface area contributed by atoms with E-state index in [9.17, 15) is 0 Å². The highest BCUT2D eigenvalue weighted by atomic mass is 79.9. The number of methoxy groups -OCH3 is 1. The minimum Gasteiger partial charge on any atom is -0.496 e. The number of nitrogens with one attached hydrogen (secondary N) is 1. The number of hydrogen-bond donors (Lipinski definition) is 1. The molecule has 4 heteroatoms. The first-order chi connectivity index (χ1) is 10.2. The number of hydrogen-bond acceptors (Lipinski definition) is 3. The third-order valence-corrected chi connectivity index (χ3v) is 4.04. The fraction of sp³-hybridized carbons (Fsp3) is 0.176. The van der Waals surface area contributed by atoms with Gasteiger partial charge in [-0.3, -0.25) is 0 Å². The first-order valence-electron chi connectivity index (χ1n) is 6.72. The standard InChI is InChI=1S/C17H16BrNO2/c1-19-17(15-9-10-16(18)21-15)13-7-8-14(20-2)12-6-4-3-5-11(12)13/h3-10,17,19H,1-2H3. The van der Waals surface area contributed by atoms with Gasteiger partial charge in [0.25, 0.3) is 0 Å². The summed E-state index contributed by atoms with van der Waals surface area (Å²) in [6, 6.07) is 16.2. The molecule has 0 aliphatic carbocycles. The van der Waals surface area contributed by atoms with Gasteiger partial charge in [-0.1, -0.05) is 30.3 Å². The van der Waals surface area contributed by atoms with Gasteiger partial charge in [0, 0.05) is 5.39 Å². The number of halogens is 1. The highest BCUT2D eigenvalue weighted by Crippen LogP contribution is 2.34. The molecule has 21 heavy (non-hydrogen) atoms. The Kier molecular flexibility index (Phi) is 3.99. The molecule has 0 spiro atoms. The van der Waals surface area contributed by atoms with Crippen LogP contribution in [0.3, 0.4) is 0 Å². The Labute approximate surface area is 132 Å². The Morgan fingerprint density at radius 1 is 1.05 bits per heavy atom. The Morgan fingerprint density at radius 2 is 1.81 bits per heavy atom. The number of ether oxygens (including phenoxy) is 1. The molecule has 0 amide bonds. The fourth-order valence-corrected chi connectivity index (χ4v) is 2.98. The predicted octanol–water partition coefficient (Wildman–Crippen LogP) is 4.51. The SMILES string of the molecule is CNC(c1ccc(Br)o1)c1ccc(OC)c2ccccc12. The van der Waals surface area contributed by atoms with E-state index in [1.165, 1.54) is 0 Å². The quantitative estimate of drug-likeness (QED) is 0.755. The molecular weight excluding hydrogens is 330 g/mol. The van der Waals surface area contributed by atoms with Gasteiger partial charge in [-0.05, 0) is 52.1 Å². The molecule has 2 aromatic carbocycles. The van der Waals surface area contributed by atoms with Crippen molar-refractivity contribution in [3.63, 3.8) is 0 Å². The maximum atomic E-state index is 5.72. The molecule has 0 saturated heterocycles. The van der Waals surface area contributed by atoms with Crippen molar-refractivity contribution >= 4 is 26.7 Å². The summed E-state index contributed by atoms with van der Waals surface area (Å²) in [6.45, 7) is 0. The van der Waals surface area contributed by atoms with E-state index in [1.54, 1.807) is 7.11 Å². The van der Waals surface area contributed by atoms with Crippen molar-refractivity contribution in [2.24, 2.45) is 0 Å². The zero-order valence-corrected chi connectivity index (χ0v) is 13.5. The molecule has 0 aliphatic rings. The molecular formula is C17H16BrNO2. The molecule has 3 aromatic rings. The largest absolute Gasteiger partial charge is 0.496 e. The molecule has 1 unspecified atom stereocenters. The lowest BCUT2D eigenvalue weighted by Gasteiger charge is -2.18. The van der Waals surface area contributed by atoms with Gasteiger partial charge in [0.2, 0.25) is 0 Å².